The summed E-state index contributed by atoms with van der Waals surface area (Å²) in [6.45, 7) is 2.16. The zero-order valence-corrected chi connectivity index (χ0v) is 14.7. The first-order valence-corrected chi connectivity index (χ1v) is 8.50. The molecular weight excluding hydrogens is 338 g/mol. The lowest BCUT2D eigenvalue weighted by molar-refractivity contribution is -0.129. The Morgan fingerprint density at radius 2 is 1.62 bits per heavy atom. The van der Waals surface area contributed by atoms with Crippen molar-refractivity contribution >= 4 is 17.5 Å². The van der Waals surface area contributed by atoms with Crippen LogP contribution in [-0.2, 0) is 16.0 Å². The van der Waals surface area contributed by atoms with Gasteiger partial charge in [0.05, 0.1) is 0 Å². The van der Waals surface area contributed by atoms with Gasteiger partial charge in [-0.05, 0) is 30.5 Å². The van der Waals surface area contributed by atoms with Gasteiger partial charge in [0.15, 0.2) is 0 Å². The number of halogens is 2. The van der Waals surface area contributed by atoms with Crippen molar-refractivity contribution in [2.75, 3.05) is 18.4 Å². The molecule has 0 bridgehead atoms. The van der Waals surface area contributed by atoms with Crippen LogP contribution in [0.25, 0.3) is 0 Å². The number of nitrogens with one attached hydrogen (secondary N) is 1. The number of benzene rings is 2. The van der Waals surface area contributed by atoms with E-state index < -0.39 is 23.2 Å². The van der Waals surface area contributed by atoms with Crippen LogP contribution in [0.15, 0.2) is 48.5 Å². The zero-order chi connectivity index (χ0) is 18.9. The molecule has 0 fully saturated rings. The lowest BCUT2D eigenvalue weighted by atomic mass is 10.1. The van der Waals surface area contributed by atoms with E-state index in [0.29, 0.717) is 6.54 Å². The maximum atomic E-state index is 13.5. The maximum absolute atomic E-state index is 13.5. The summed E-state index contributed by atoms with van der Waals surface area (Å²) in [5, 5.41) is 2.23. The molecule has 1 N–H and O–H groups in total. The van der Waals surface area contributed by atoms with Crippen LogP contribution in [0, 0.1) is 11.6 Å². The van der Waals surface area contributed by atoms with Gasteiger partial charge < -0.3 is 10.2 Å². The van der Waals surface area contributed by atoms with Crippen molar-refractivity contribution in [2.24, 2.45) is 0 Å². The Bertz CT molecular complexity index is 730. The summed E-state index contributed by atoms with van der Waals surface area (Å²) in [5.41, 5.74) is 0.722. The number of anilines is 1. The molecule has 0 aliphatic heterocycles. The van der Waals surface area contributed by atoms with Gasteiger partial charge >= 0.3 is 0 Å². The Morgan fingerprint density at radius 3 is 2.23 bits per heavy atom. The molecule has 138 valence electrons. The highest BCUT2D eigenvalue weighted by Gasteiger charge is 2.14. The Morgan fingerprint density at radius 1 is 0.962 bits per heavy atom. The fourth-order valence-electron chi connectivity index (χ4n) is 2.60. The van der Waals surface area contributed by atoms with E-state index in [4.69, 9.17) is 0 Å². The highest BCUT2D eigenvalue weighted by atomic mass is 19.1. The average molecular weight is 360 g/mol. The smallest absolute Gasteiger partial charge is 0.226 e. The van der Waals surface area contributed by atoms with Crippen LogP contribution < -0.4 is 5.32 Å². The Hall–Kier alpha value is -2.76. The summed E-state index contributed by atoms with van der Waals surface area (Å²) in [6.07, 6.45) is 1.57. The first-order valence-electron chi connectivity index (χ1n) is 8.50. The third kappa shape index (κ3) is 5.95. The largest absolute Gasteiger partial charge is 0.342 e. The van der Waals surface area contributed by atoms with Crippen LogP contribution >= 0.6 is 0 Å². The van der Waals surface area contributed by atoms with E-state index >= 15 is 0 Å². The molecule has 0 unspecified atom stereocenters. The quantitative estimate of drug-likeness (QED) is 0.779. The topological polar surface area (TPSA) is 49.4 Å². The Kier molecular flexibility index (Phi) is 7.26. The summed E-state index contributed by atoms with van der Waals surface area (Å²) in [6, 6.07) is 13.3. The van der Waals surface area contributed by atoms with Gasteiger partial charge in [-0.2, -0.15) is 0 Å². The molecule has 2 aromatic carbocycles. The van der Waals surface area contributed by atoms with Crippen LogP contribution in [0.3, 0.4) is 0 Å². The molecule has 6 heteroatoms. The van der Waals surface area contributed by atoms with Crippen molar-refractivity contribution in [3.63, 3.8) is 0 Å². The van der Waals surface area contributed by atoms with Gasteiger partial charge in [0, 0.05) is 26.4 Å². The summed E-state index contributed by atoms with van der Waals surface area (Å²) in [4.78, 5) is 25.3. The molecule has 0 radical (unpaired) electrons. The second-order valence-corrected chi connectivity index (χ2v) is 5.99. The van der Waals surface area contributed by atoms with Crippen molar-refractivity contribution in [1.29, 1.82) is 0 Å². The maximum Gasteiger partial charge on any atom is 0.226 e. The van der Waals surface area contributed by atoms with E-state index in [1.54, 1.807) is 4.90 Å². The molecule has 0 spiro atoms. The highest BCUT2D eigenvalue weighted by Crippen LogP contribution is 2.18. The fourth-order valence-corrected chi connectivity index (χ4v) is 2.60. The number of amides is 2. The second-order valence-electron chi connectivity index (χ2n) is 5.99. The Balaban J connectivity index is 1.82. The van der Waals surface area contributed by atoms with Crippen molar-refractivity contribution in [2.45, 2.75) is 26.2 Å². The predicted molar refractivity (Wildman–Crippen MR) is 96.6 cm³/mol. The molecule has 0 heterocycles. The lowest BCUT2D eigenvalue weighted by Crippen LogP contribution is -2.33. The molecule has 0 saturated heterocycles. The monoisotopic (exact) mass is 360 g/mol. The van der Waals surface area contributed by atoms with Crippen LogP contribution in [-0.4, -0.2) is 29.8 Å². The van der Waals surface area contributed by atoms with Crippen molar-refractivity contribution < 1.29 is 18.4 Å². The minimum atomic E-state index is -0.829. The van der Waals surface area contributed by atoms with Gasteiger partial charge in [0.2, 0.25) is 11.8 Å². The molecule has 2 aromatic rings. The Labute approximate surface area is 151 Å². The number of para-hydroxylation sites is 1. The standard InChI is InChI=1S/C20H22F2N2O2/c1-15(25)24(13-6-9-16-7-3-2-4-8-16)14-12-19(26)23-20-17(21)10-5-11-18(20)22/h2-5,7-8,10-11H,6,9,12-14H2,1H3,(H,23,26). The van der Waals surface area contributed by atoms with Gasteiger partial charge in [-0.25, -0.2) is 8.78 Å². The summed E-state index contributed by atoms with van der Waals surface area (Å²) in [5.74, 6) is -2.33. The minimum Gasteiger partial charge on any atom is -0.342 e. The predicted octanol–water partition coefficient (Wildman–Crippen LogP) is 3.77. The summed E-state index contributed by atoms with van der Waals surface area (Å²) >= 11 is 0. The molecule has 26 heavy (non-hydrogen) atoms. The van der Waals surface area contributed by atoms with Crippen LogP contribution in [0.1, 0.15) is 25.3 Å². The minimum absolute atomic E-state index is 0.0291. The number of carbonyl (C=O) groups is 2. The first-order chi connectivity index (χ1) is 12.5. The normalized spacial score (nSPS) is 10.4. The van der Waals surface area contributed by atoms with E-state index in [9.17, 15) is 18.4 Å². The van der Waals surface area contributed by atoms with E-state index in [1.807, 2.05) is 30.3 Å². The van der Waals surface area contributed by atoms with Crippen molar-refractivity contribution in [3.05, 3.63) is 65.7 Å². The number of rotatable bonds is 8. The molecule has 2 amide bonds. The van der Waals surface area contributed by atoms with Crippen LogP contribution in [0.4, 0.5) is 14.5 Å². The number of carbonyl (C=O) groups excluding carboxylic acids is 2. The molecular formula is C20H22F2N2O2. The van der Waals surface area contributed by atoms with Gasteiger partial charge in [-0.15, -0.1) is 0 Å². The first kappa shape index (κ1) is 19.6. The van der Waals surface area contributed by atoms with Gasteiger partial charge in [0.25, 0.3) is 0 Å². The molecule has 0 aliphatic carbocycles. The van der Waals surface area contributed by atoms with E-state index in [-0.39, 0.29) is 18.9 Å². The molecule has 0 saturated carbocycles. The van der Waals surface area contributed by atoms with E-state index in [2.05, 4.69) is 5.32 Å². The van der Waals surface area contributed by atoms with Gasteiger partial charge in [-0.3, -0.25) is 9.59 Å². The number of hydrogen-bond donors (Lipinski definition) is 1. The SMILES string of the molecule is CC(=O)N(CCCc1ccccc1)CCC(=O)Nc1c(F)cccc1F. The number of nitrogens with zero attached hydrogens (tertiary/aromatic N) is 1. The fraction of sp³-hybridized carbons (Fsp3) is 0.300. The molecule has 4 nitrogen and oxygen atoms in total. The van der Waals surface area contributed by atoms with E-state index in [0.717, 1.165) is 25.0 Å². The average Bonchev–Trinajstić information content (AvgIpc) is 2.61. The van der Waals surface area contributed by atoms with Gasteiger partial charge in [0.1, 0.15) is 17.3 Å². The van der Waals surface area contributed by atoms with E-state index in [1.165, 1.54) is 18.6 Å². The van der Waals surface area contributed by atoms with Crippen LogP contribution in [0.2, 0.25) is 0 Å². The van der Waals surface area contributed by atoms with Gasteiger partial charge in [-0.1, -0.05) is 36.4 Å². The number of aryl methyl sites for hydroxylation is 1. The van der Waals surface area contributed by atoms with Crippen molar-refractivity contribution in [1.82, 2.24) is 4.90 Å². The lowest BCUT2D eigenvalue weighted by Gasteiger charge is -2.21. The van der Waals surface area contributed by atoms with Crippen molar-refractivity contribution in [3.8, 4) is 0 Å². The highest BCUT2D eigenvalue weighted by molar-refractivity contribution is 5.91. The third-order valence-corrected chi connectivity index (χ3v) is 4.02. The second kappa shape index (κ2) is 9.65. The zero-order valence-electron chi connectivity index (χ0n) is 14.7. The molecule has 0 aliphatic rings. The summed E-state index contributed by atoms with van der Waals surface area (Å²) < 4.78 is 27.1. The third-order valence-electron chi connectivity index (χ3n) is 4.02. The molecule has 0 aromatic heterocycles. The van der Waals surface area contributed by atoms with Crippen LogP contribution in [0.5, 0.6) is 0 Å². The summed E-state index contributed by atoms with van der Waals surface area (Å²) in [7, 11) is 0. The molecule has 0 atom stereocenters. The number of hydrogen-bond acceptors (Lipinski definition) is 2. The molecule has 2 rings (SSSR count).